The lowest BCUT2D eigenvalue weighted by molar-refractivity contribution is 0.483. The van der Waals surface area contributed by atoms with Crippen molar-refractivity contribution in [3.63, 3.8) is 0 Å². The van der Waals surface area contributed by atoms with Crippen molar-refractivity contribution in [2.75, 3.05) is 16.5 Å². The maximum atomic E-state index is 7.17. The van der Waals surface area contributed by atoms with E-state index in [1.54, 1.807) is 0 Å². The summed E-state index contributed by atoms with van der Waals surface area (Å²) in [6, 6.07) is 49.6. The molecule has 0 unspecified atom stereocenters. The zero-order chi connectivity index (χ0) is 50.1. The molecular weight excluding hydrogens is 853 g/mol. The molecule has 1 aliphatic heterocycles. The van der Waals surface area contributed by atoms with Crippen LogP contribution in [0, 0.1) is 0 Å². The Labute approximate surface area is 418 Å². The fraction of sp³-hybridized carbons (Fsp3) is 0.338. The molecule has 9 rings (SSSR count). The average molecular weight is 927 g/mol. The van der Waals surface area contributed by atoms with Gasteiger partial charge in [0.25, 0.3) is 0 Å². The predicted molar refractivity (Wildman–Crippen MR) is 299 cm³/mol. The minimum Gasteiger partial charge on any atom is -0.457 e. The van der Waals surface area contributed by atoms with Crippen LogP contribution < -0.4 is 14.5 Å². The van der Waals surface area contributed by atoms with Crippen LogP contribution in [0.5, 0.6) is 11.5 Å². The number of hydrogen-bond acceptors (Lipinski definition) is 4. The number of anilines is 2. The molecule has 0 saturated heterocycles. The molecule has 0 spiro atoms. The molecular formula is C65H74N4O. The summed E-state index contributed by atoms with van der Waals surface area (Å²) in [5.41, 5.74) is 15.8. The lowest BCUT2D eigenvalue weighted by atomic mass is 9.78. The van der Waals surface area contributed by atoms with Gasteiger partial charge in [-0.1, -0.05) is 165 Å². The van der Waals surface area contributed by atoms with E-state index < -0.39 is 0 Å². The molecule has 0 aliphatic carbocycles. The second kappa shape index (κ2) is 18.0. The van der Waals surface area contributed by atoms with Crippen LogP contribution in [0.25, 0.3) is 38.8 Å². The number of pyridine rings is 1. The van der Waals surface area contributed by atoms with E-state index in [0.717, 1.165) is 45.0 Å². The smallest absolute Gasteiger partial charge is 0.137 e. The maximum absolute atomic E-state index is 7.17. The number of aromatic nitrogens is 2. The number of rotatable bonds is 10. The SMILES string of the molecule is CC(C)c1cccc(C(C)C)c1-c1cc(Oc2ccc3c4cc(C(C)(C)c5ccccc5)ccc4n(-c4cc(C(C)(C)C)ccn4)c3c2)cc(N2C=CN(c3cc(C(C)(C)C)cc(C(C)(C)C)c3)C2)c1. The van der Waals surface area contributed by atoms with Gasteiger partial charge >= 0.3 is 0 Å². The highest BCUT2D eigenvalue weighted by Crippen LogP contribution is 2.44. The van der Waals surface area contributed by atoms with Crippen LogP contribution in [0.15, 0.2) is 152 Å². The normalized spacial score (nSPS) is 13.7. The average Bonchev–Trinajstić information content (AvgIpc) is 3.94. The van der Waals surface area contributed by atoms with Gasteiger partial charge in [0, 0.05) is 58.3 Å². The van der Waals surface area contributed by atoms with Crippen LogP contribution in [0.3, 0.4) is 0 Å². The Balaban J connectivity index is 1.18. The molecule has 0 saturated carbocycles. The molecule has 0 bridgehead atoms. The number of benzene rings is 6. The molecule has 5 heteroatoms. The van der Waals surface area contributed by atoms with Crippen molar-refractivity contribution in [3.05, 3.63) is 191 Å². The number of hydrogen-bond donors (Lipinski definition) is 0. The number of ether oxygens (including phenoxy) is 1. The van der Waals surface area contributed by atoms with Gasteiger partial charge in [-0.25, -0.2) is 4.98 Å². The van der Waals surface area contributed by atoms with Gasteiger partial charge in [-0.2, -0.15) is 0 Å². The van der Waals surface area contributed by atoms with Crippen molar-refractivity contribution in [1.82, 2.24) is 9.55 Å². The molecule has 0 N–H and O–H groups in total. The van der Waals surface area contributed by atoms with Gasteiger partial charge in [0.1, 0.15) is 17.3 Å². The van der Waals surface area contributed by atoms with E-state index >= 15 is 0 Å². The third-order valence-electron chi connectivity index (χ3n) is 14.6. The minimum absolute atomic E-state index is 0.0181. The number of nitrogens with zero attached hydrogens (tertiary/aromatic N) is 4. The van der Waals surface area contributed by atoms with Crippen molar-refractivity contribution in [2.45, 2.75) is 137 Å². The second-order valence-electron chi connectivity index (χ2n) is 24.0. The van der Waals surface area contributed by atoms with Gasteiger partial charge in [0.2, 0.25) is 0 Å². The van der Waals surface area contributed by atoms with Gasteiger partial charge in [-0.15, -0.1) is 0 Å². The summed E-state index contributed by atoms with van der Waals surface area (Å²) in [5.74, 6) is 3.13. The van der Waals surface area contributed by atoms with E-state index in [-0.39, 0.29) is 21.7 Å². The Morgan fingerprint density at radius 3 is 1.69 bits per heavy atom. The summed E-state index contributed by atoms with van der Waals surface area (Å²) in [5, 5.41) is 2.35. The maximum Gasteiger partial charge on any atom is 0.137 e. The summed E-state index contributed by atoms with van der Waals surface area (Å²) in [6.07, 6.45) is 6.40. The molecule has 0 radical (unpaired) electrons. The first-order chi connectivity index (χ1) is 33.0. The highest BCUT2D eigenvalue weighted by molar-refractivity contribution is 6.10. The summed E-state index contributed by atoms with van der Waals surface area (Å²) >= 11 is 0. The molecule has 6 aromatic carbocycles. The molecule has 70 heavy (non-hydrogen) atoms. The van der Waals surface area contributed by atoms with Crippen molar-refractivity contribution in [2.24, 2.45) is 0 Å². The quantitative estimate of drug-likeness (QED) is 0.137. The fourth-order valence-corrected chi connectivity index (χ4v) is 10.1. The third-order valence-corrected chi connectivity index (χ3v) is 14.6. The Hall–Kier alpha value is -6.59. The molecule has 8 aromatic rings. The second-order valence-corrected chi connectivity index (χ2v) is 24.0. The monoisotopic (exact) mass is 927 g/mol. The van der Waals surface area contributed by atoms with Crippen LogP contribution in [0.4, 0.5) is 11.4 Å². The summed E-state index contributed by atoms with van der Waals surface area (Å²) in [7, 11) is 0. The van der Waals surface area contributed by atoms with E-state index in [0.29, 0.717) is 18.5 Å². The fourth-order valence-electron chi connectivity index (χ4n) is 10.1. The Bertz CT molecular complexity index is 3200. The van der Waals surface area contributed by atoms with Gasteiger partial charge in [0.15, 0.2) is 0 Å². The first kappa shape index (κ1) is 48.4. The summed E-state index contributed by atoms with van der Waals surface area (Å²) in [4.78, 5) is 9.77. The molecule has 2 aromatic heterocycles. The van der Waals surface area contributed by atoms with Gasteiger partial charge in [-0.3, -0.25) is 4.57 Å². The molecule has 0 amide bonds. The molecule has 1 aliphatic rings. The number of fused-ring (bicyclic) bond motifs is 3. The zero-order valence-corrected chi connectivity index (χ0v) is 44.5. The summed E-state index contributed by atoms with van der Waals surface area (Å²) < 4.78 is 9.49. The highest BCUT2D eigenvalue weighted by atomic mass is 16.5. The minimum atomic E-state index is -0.197. The van der Waals surface area contributed by atoms with Crippen molar-refractivity contribution >= 4 is 33.2 Å². The van der Waals surface area contributed by atoms with Crippen LogP contribution in [-0.2, 0) is 21.7 Å². The van der Waals surface area contributed by atoms with Crippen molar-refractivity contribution < 1.29 is 4.74 Å². The lowest BCUT2D eigenvalue weighted by Gasteiger charge is -2.29. The zero-order valence-electron chi connectivity index (χ0n) is 44.5. The van der Waals surface area contributed by atoms with E-state index in [4.69, 9.17) is 9.72 Å². The Morgan fingerprint density at radius 1 is 0.471 bits per heavy atom. The van der Waals surface area contributed by atoms with Crippen LogP contribution in [-0.4, -0.2) is 16.2 Å². The Morgan fingerprint density at radius 2 is 1.09 bits per heavy atom. The van der Waals surface area contributed by atoms with Crippen LogP contribution in [0.2, 0.25) is 0 Å². The predicted octanol–water partition coefficient (Wildman–Crippen LogP) is 17.9. The largest absolute Gasteiger partial charge is 0.457 e. The standard InChI is InChI=1S/C65H74N4O/c1-42(2)54-22-19-23-55(43(3)4)61(54)44-32-50(67-30-31-68(41-67)51-35-48(63(8,9)10)34-49(36-51)64(11,12)13)39-53(33-44)70-52-25-26-56-57-37-47(65(14,15)45-20-17-16-18-21-45)24-27-58(57)69(59(56)40-52)60-38-46(28-29-66-60)62(5,6)7/h16-40,42-43H,41H2,1-15H3. The first-order valence-electron chi connectivity index (χ1n) is 25.4. The van der Waals surface area contributed by atoms with E-state index in [1.165, 1.54) is 55.6 Å². The Kier molecular flexibility index (Phi) is 12.4. The molecule has 360 valence electrons. The van der Waals surface area contributed by atoms with Gasteiger partial charge in [-0.05, 0) is 139 Å². The van der Waals surface area contributed by atoms with E-state index in [9.17, 15) is 0 Å². The molecule has 5 nitrogen and oxygen atoms in total. The van der Waals surface area contributed by atoms with Crippen LogP contribution >= 0.6 is 0 Å². The van der Waals surface area contributed by atoms with E-state index in [1.807, 2.05) is 6.20 Å². The topological polar surface area (TPSA) is 33.5 Å². The first-order valence-corrected chi connectivity index (χ1v) is 25.4. The van der Waals surface area contributed by atoms with E-state index in [2.05, 4.69) is 264 Å². The third kappa shape index (κ3) is 9.40. The summed E-state index contributed by atoms with van der Waals surface area (Å²) in [6.45, 7) is 35.1. The lowest BCUT2D eigenvalue weighted by Crippen LogP contribution is -2.26. The molecule has 3 heterocycles. The van der Waals surface area contributed by atoms with Crippen LogP contribution in [0.1, 0.15) is 155 Å². The molecule has 0 fully saturated rings. The van der Waals surface area contributed by atoms with Crippen molar-refractivity contribution in [1.29, 1.82) is 0 Å². The molecule has 0 atom stereocenters. The van der Waals surface area contributed by atoms with Crippen molar-refractivity contribution in [3.8, 4) is 28.4 Å². The highest BCUT2D eigenvalue weighted by Gasteiger charge is 2.28. The van der Waals surface area contributed by atoms with Gasteiger partial charge in [0.05, 0.1) is 17.7 Å². The van der Waals surface area contributed by atoms with Gasteiger partial charge < -0.3 is 14.5 Å².